The number of phenolic OH excluding ortho intramolecular Hbond substituents is 1. The SMILES string of the molecule is CNc1nc(-c2ccc(OC)c(O)c2)nc2c1COCC2. The molecule has 6 heteroatoms. The topological polar surface area (TPSA) is 76.5 Å². The lowest BCUT2D eigenvalue weighted by Gasteiger charge is -2.19. The molecule has 0 aliphatic carbocycles. The highest BCUT2D eigenvalue weighted by Crippen LogP contribution is 2.32. The fraction of sp³-hybridized carbons (Fsp3) is 0.333. The van der Waals surface area contributed by atoms with Gasteiger partial charge < -0.3 is 19.9 Å². The van der Waals surface area contributed by atoms with E-state index >= 15 is 0 Å². The number of rotatable bonds is 3. The molecule has 1 aromatic heterocycles. The maximum absolute atomic E-state index is 9.90. The van der Waals surface area contributed by atoms with E-state index in [2.05, 4.69) is 15.3 Å². The number of aromatic nitrogens is 2. The van der Waals surface area contributed by atoms with Crippen molar-refractivity contribution in [2.75, 3.05) is 26.1 Å². The zero-order chi connectivity index (χ0) is 14.8. The number of phenols is 1. The summed E-state index contributed by atoms with van der Waals surface area (Å²) in [6, 6.07) is 5.15. The Morgan fingerprint density at radius 1 is 1.33 bits per heavy atom. The van der Waals surface area contributed by atoms with Crippen LogP contribution in [0.15, 0.2) is 18.2 Å². The van der Waals surface area contributed by atoms with Gasteiger partial charge in [-0.25, -0.2) is 9.97 Å². The Balaban J connectivity index is 2.08. The van der Waals surface area contributed by atoms with Crippen molar-refractivity contribution in [3.8, 4) is 22.9 Å². The summed E-state index contributed by atoms with van der Waals surface area (Å²) in [6.07, 6.45) is 0.766. The first-order chi connectivity index (χ1) is 10.2. The molecule has 0 bridgehead atoms. The van der Waals surface area contributed by atoms with Crippen LogP contribution in [0.1, 0.15) is 11.3 Å². The van der Waals surface area contributed by atoms with Crippen molar-refractivity contribution in [1.29, 1.82) is 0 Å². The molecule has 0 amide bonds. The highest BCUT2D eigenvalue weighted by molar-refractivity contribution is 5.63. The second-order valence-electron chi connectivity index (χ2n) is 4.76. The normalized spacial score (nSPS) is 13.6. The Morgan fingerprint density at radius 3 is 2.90 bits per heavy atom. The predicted molar refractivity (Wildman–Crippen MR) is 78.6 cm³/mol. The van der Waals surface area contributed by atoms with Gasteiger partial charge in [0.2, 0.25) is 0 Å². The van der Waals surface area contributed by atoms with E-state index in [4.69, 9.17) is 9.47 Å². The maximum Gasteiger partial charge on any atom is 0.161 e. The molecule has 110 valence electrons. The number of aromatic hydroxyl groups is 1. The molecule has 0 fully saturated rings. The number of nitrogens with zero attached hydrogens (tertiary/aromatic N) is 2. The Labute approximate surface area is 122 Å². The summed E-state index contributed by atoms with van der Waals surface area (Å²) in [5.74, 6) is 1.85. The molecule has 1 aliphatic rings. The summed E-state index contributed by atoms with van der Waals surface area (Å²) in [5.41, 5.74) is 2.75. The molecular weight excluding hydrogens is 270 g/mol. The first-order valence-corrected chi connectivity index (χ1v) is 6.75. The molecule has 2 aromatic rings. The van der Waals surface area contributed by atoms with E-state index in [-0.39, 0.29) is 5.75 Å². The van der Waals surface area contributed by atoms with Crippen LogP contribution in [0, 0.1) is 0 Å². The van der Waals surface area contributed by atoms with Gasteiger partial charge in [0.15, 0.2) is 17.3 Å². The first-order valence-electron chi connectivity index (χ1n) is 6.75. The van der Waals surface area contributed by atoms with Crippen LogP contribution in [0.2, 0.25) is 0 Å². The van der Waals surface area contributed by atoms with Crippen LogP contribution in [-0.4, -0.2) is 35.8 Å². The molecule has 0 spiro atoms. The molecule has 6 nitrogen and oxygen atoms in total. The Bertz CT molecular complexity index is 656. The van der Waals surface area contributed by atoms with E-state index in [0.717, 1.165) is 29.1 Å². The van der Waals surface area contributed by atoms with Gasteiger partial charge in [0.1, 0.15) is 5.82 Å². The number of hydrogen-bond acceptors (Lipinski definition) is 6. The monoisotopic (exact) mass is 287 g/mol. The molecule has 3 rings (SSSR count). The Kier molecular flexibility index (Phi) is 3.62. The molecule has 21 heavy (non-hydrogen) atoms. The number of fused-ring (bicyclic) bond motifs is 1. The quantitative estimate of drug-likeness (QED) is 0.899. The highest BCUT2D eigenvalue weighted by atomic mass is 16.5. The van der Waals surface area contributed by atoms with Crippen molar-refractivity contribution in [3.63, 3.8) is 0 Å². The van der Waals surface area contributed by atoms with Crippen LogP contribution < -0.4 is 10.1 Å². The lowest BCUT2D eigenvalue weighted by Crippen LogP contribution is -2.16. The van der Waals surface area contributed by atoms with E-state index in [1.807, 2.05) is 13.1 Å². The largest absolute Gasteiger partial charge is 0.504 e. The molecule has 1 aromatic carbocycles. The van der Waals surface area contributed by atoms with E-state index in [1.54, 1.807) is 12.1 Å². The van der Waals surface area contributed by atoms with Crippen LogP contribution in [-0.2, 0) is 17.8 Å². The smallest absolute Gasteiger partial charge is 0.161 e. The lowest BCUT2D eigenvalue weighted by molar-refractivity contribution is 0.109. The predicted octanol–water partition coefficient (Wildman–Crippen LogP) is 1.97. The molecule has 0 radical (unpaired) electrons. The number of benzene rings is 1. The molecule has 0 unspecified atom stereocenters. The fourth-order valence-corrected chi connectivity index (χ4v) is 2.40. The van der Waals surface area contributed by atoms with Gasteiger partial charge in [0, 0.05) is 24.6 Å². The van der Waals surface area contributed by atoms with Crippen LogP contribution >= 0.6 is 0 Å². The zero-order valence-corrected chi connectivity index (χ0v) is 12.0. The van der Waals surface area contributed by atoms with Crippen molar-refractivity contribution < 1.29 is 14.6 Å². The van der Waals surface area contributed by atoms with Crippen molar-refractivity contribution in [2.45, 2.75) is 13.0 Å². The van der Waals surface area contributed by atoms with Crippen LogP contribution in [0.5, 0.6) is 11.5 Å². The summed E-state index contributed by atoms with van der Waals surface area (Å²) < 4.78 is 10.5. The number of hydrogen-bond donors (Lipinski definition) is 2. The second kappa shape index (κ2) is 5.57. The summed E-state index contributed by atoms with van der Waals surface area (Å²) >= 11 is 0. The van der Waals surface area contributed by atoms with Gasteiger partial charge in [-0.3, -0.25) is 0 Å². The molecule has 2 heterocycles. The van der Waals surface area contributed by atoms with Gasteiger partial charge >= 0.3 is 0 Å². The third-order valence-electron chi connectivity index (χ3n) is 3.50. The van der Waals surface area contributed by atoms with Gasteiger partial charge in [0.25, 0.3) is 0 Å². The molecule has 1 aliphatic heterocycles. The summed E-state index contributed by atoms with van der Waals surface area (Å²) in [4.78, 5) is 9.12. The molecular formula is C15H17N3O3. The van der Waals surface area contributed by atoms with Crippen LogP contribution in [0.4, 0.5) is 5.82 Å². The summed E-state index contributed by atoms with van der Waals surface area (Å²) in [5, 5.41) is 13.0. The number of ether oxygens (including phenoxy) is 2. The zero-order valence-electron chi connectivity index (χ0n) is 12.0. The molecule has 0 saturated carbocycles. The van der Waals surface area contributed by atoms with E-state index in [0.29, 0.717) is 24.8 Å². The van der Waals surface area contributed by atoms with Gasteiger partial charge in [-0.1, -0.05) is 0 Å². The molecule has 0 atom stereocenters. The minimum atomic E-state index is 0.0747. The number of nitrogens with one attached hydrogen (secondary N) is 1. The average molecular weight is 287 g/mol. The molecule has 0 saturated heterocycles. The van der Waals surface area contributed by atoms with Gasteiger partial charge in [-0.05, 0) is 18.2 Å². The number of anilines is 1. The van der Waals surface area contributed by atoms with Crippen molar-refractivity contribution in [2.24, 2.45) is 0 Å². The van der Waals surface area contributed by atoms with Crippen molar-refractivity contribution in [1.82, 2.24) is 9.97 Å². The third kappa shape index (κ3) is 2.50. The average Bonchev–Trinajstić information content (AvgIpc) is 2.53. The summed E-state index contributed by atoms with van der Waals surface area (Å²) in [7, 11) is 3.34. The Morgan fingerprint density at radius 2 is 2.19 bits per heavy atom. The lowest BCUT2D eigenvalue weighted by atomic mass is 10.1. The summed E-state index contributed by atoms with van der Waals surface area (Å²) in [6.45, 7) is 1.19. The Hall–Kier alpha value is -2.34. The van der Waals surface area contributed by atoms with E-state index in [9.17, 15) is 5.11 Å². The van der Waals surface area contributed by atoms with Crippen LogP contribution in [0.25, 0.3) is 11.4 Å². The standard InChI is InChI=1S/C15H17N3O3/c1-16-15-10-8-21-6-5-11(10)17-14(18-15)9-3-4-13(20-2)12(19)7-9/h3-4,7,19H,5-6,8H2,1-2H3,(H,16,17,18). The second-order valence-corrected chi connectivity index (χ2v) is 4.76. The van der Waals surface area contributed by atoms with Crippen molar-refractivity contribution >= 4 is 5.82 Å². The van der Waals surface area contributed by atoms with Crippen LogP contribution in [0.3, 0.4) is 0 Å². The van der Waals surface area contributed by atoms with E-state index < -0.39 is 0 Å². The minimum Gasteiger partial charge on any atom is -0.504 e. The van der Waals surface area contributed by atoms with Gasteiger partial charge in [-0.15, -0.1) is 0 Å². The third-order valence-corrected chi connectivity index (χ3v) is 3.50. The van der Waals surface area contributed by atoms with Gasteiger partial charge in [0.05, 0.1) is 26.0 Å². The fourth-order valence-electron chi connectivity index (χ4n) is 2.40. The molecule has 2 N–H and O–H groups in total. The van der Waals surface area contributed by atoms with E-state index in [1.165, 1.54) is 7.11 Å². The highest BCUT2D eigenvalue weighted by Gasteiger charge is 2.18. The van der Waals surface area contributed by atoms with Gasteiger partial charge in [-0.2, -0.15) is 0 Å². The first kappa shape index (κ1) is 13.6. The van der Waals surface area contributed by atoms with Crippen molar-refractivity contribution in [3.05, 3.63) is 29.5 Å². The number of methoxy groups -OCH3 is 1. The minimum absolute atomic E-state index is 0.0747. The maximum atomic E-state index is 9.90.